The first-order valence-electron chi connectivity index (χ1n) is 10.4. The Kier molecular flexibility index (Phi) is 5.27. The molecule has 0 aliphatic carbocycles. The minimum atomic E-state index is 0.617. The third-order valence-corrected chi connectivity index (χ3v) is 5.45. The van der Waals surface area contributed by atoms with Crippen LogP contribution in [0.1, 0.15) is 18.4 Å². The van der Waals surface area contributed by atoms with Crippen LogP contribution in [0.15, 0.2) is 79.4 Å². The highest BCUT2D eigenvalue weighted by molar-refractivity contribution is 5.71. The van der Waals surface area contributed by atoms with E-state index in [-0.39, 0.29) is 0 Å². The molecule has 3 aromatic heterocycles. The molecule has 5 nitrogen and oxygen atoms in total. The van der Waals surface area contributed by atoms with E-state index in [1.165, 1.54) is 37.1 Å². The van der Waals surface area contributed by atoms with Gasteiger partial charge in [0, 0.05) is 42.5 Å². The average molecular weight is 393 g/mol. The molecular formula is C25H23N5. The zero-order valence-electron chi connectivity index (χ0n) is 16.8. The van der Waals surface area contributed by atoms with Gasteiger partial charge in [0.1, 0.15) is 5.69 Å². The van der Waals surface area contributed by atoms with Gasteiger partial charge in [-0.3, -0.25) is 14.9 Å². The summed E-state index contributed by atoms with van der Waals surface area (Å²) in [4.78, 5) is 20.5. The fourth-order valence-electron chi connectivity index (χ4n) is 3.92. The van der Waals surface area contributed by atoms with Gasteiger partial charge in [0.2, 0.25) is 0 Å². The van der Waals surface area contributed by atoms with E-state index in [0.717, 1.165) is 29.1 Å². The van der Waals surface area contributed by atoms with Crippen LogP contribution in [-0.2, 0) is 6.54 Å². The maximum absolute atomic E-state index is 4.71. The van der Waals surface area contributed by atoms with E-state index in [1.807, 2.05) is 36.7 Å². The second kappa shape index (κ2) is 8.51. The number of hydrogen-bond acceptors (Lipinski definition) is 5. The van der Waals surface area contributed by atoms with Gasteiger partial charge >= 0.3 is 0 Å². The normalized spacial score (nSPS) is 14.1. The van der Waals surface area contributed by atoms with Crippen molar-refractivity contribution < 1.29 is 0 Å². The summed E-state index contributed by atoms with van der Waals surface area (Å²) in [6.45, 7) is 3.42. The third kappa shape index (κ3) is 4.11. The first kappa shape index (κ1) is 18.6. The van der Waals surface area contributed by atoms with Crippen LogP contribution in [0.4, 0.5) is 0 Å². The van der Waals surface area contributed by atoms with Crippen LogP contribution < -0.4 is 0 Å². The predicted molar refractivity (Wildman–Crippen MR) is 118 cm³/mol. The van der Waals surface area contributed by atoms with E-state index in [4.69, 9.17) is 4.98 Å². The van der Waals surface area contributed by atoms with Crippen molar-refractivity contribution in [3.8, 4) is 33.9 Å². The molecule has 0 bridgehead atoms. The van der Waals surface area contributed by atoms with Crippen LogP contribution in [0.2, 0.25) is 0 Å². The highest BCUT2D eigenvalue weighted by atomic mass is 15.1. The summed E-state index contributed by atoms with van der Waals surface area (Å²) in [6.07, 6.45) is 9.91. The lowest BCUT2D eigenvalue weighted by Gasteiger charge is -2.15. The molecule has 30 heavy (non-hydrogen) atoms. The Balaban J connectivity index is 1.44. The van der Waals surface area contributed by atoms with Gasteiger partial charge in [-0.2, -0.15) is 0 Å². The van der Waals surface area contributed by atoms with Crippen LogP contribution in [0.5, 0.6) is 0 Å². The SMILES string of the molecule is c1ccc(-c2nccc(-c3cncc(-c4cccc(CN5CCCC5)c4)c3)n2)nc1. The van der Waals surface area contributed by atoms with Crippen LogP contribution in [0, 0.1) is 0 Å². The van der Waals surface area contributed by atoms with E-state index < -0.39 is 0 Å². The van der Waals surface area contributed by atoms with Crippen LogP contribution in [0.25, 0.3) is 33.9 Å². The summed E-state index contributed by atoms with van der Waals surface area (Å²) < 4.78 is 0. The maximum Gasteiger partial charge on any atom is 0.178 e. The Morgan fingerprint density at radius 3 is 2.50 bits per heavy atom. The van der Waals surface area contributed by atoms with Gasteiger partial charge in [0.05, 0.1) is 5.69 Å². The van der Waals surface area contributed by atoms with Crippen LogP contribution in [-0.4, -0.2) is 37.9 Å². The van der Waals surface area contributed by atoms with Crippen molar-refractivity contribution >= 4 is 0 Å². The van der Waals surface area contributed by atoms with E-state index >= 15 is 0 Å². The summed E-state index contributed by atoms with van der Waals surface area (Å²) in [5, 5.41) is 0. The van der Waals surface area contributed by atoms with Gasteiger partial charge in [0.25, 0.3) is 0 Å². The Morgan fingerprint density at radius 1 is 0.733 bits per heavy atom. The largest absolute Gasteiger partial charge is 0.299 e. The number of nitrogens with zero attached hydrogens (tertiary/aromatic N) is 5. The van der Waals surface area contributed by atoms with Crippen molar-refractivity contribution in [1.29, 1.82) is 0 Å². The lowest BCUT2D eigenvalue weighted by Crippen LogP contribution is -2.18. The molecule has 0 amide bonds. The van der Waals surface area contributed by atoms with Crippen molar-refractivity contribution in [2.75, 3.05) is 13.1 Å². The summed E-state index contributed by atoms with van der Waals surface area (Å²) >= 11 is 0. The Bertz CT molecular complexity index is 1140. The number of hydrogen-bond donors (Lipinski definition) is 0. The average Bonchev–Trinajstić information content (AvgIpc) is 3.33. The molecular weight excluding hydrogens is 370 g/mol. The van der Waals surface area contributed by atoms with Gasteiger partial charge in [-0.25, -0.2) is 9.97 Å². The lowest BCUT2D eigenvalue weighted by atomic mass is 10.0. The zero-order chi connectivity index (χ0) is 20.2. The third-order valence-electron chi connectivity index (χ3n) is 5.45. The Labute approximate surface area is 176 Å². The van der Waals surface area contributed by atoms with Crippen molar-refractivity contribution in [2.45, 2.75) is 19.4 Å². The van der Waals surface area contributed by atoms with Crippen LogP contribution in [0.3, 0.4) is 0 Å². The molecule has 0 N–H and O–H groups in total. The van der Waals surface area contributed by atoms with E-state index in [2.05, 4.69) is 50.2 Å². The van der Waals surface area contributed by atoms with Gasteiger partial charge in [-0.05, 0) is 67.4 Å². The standard InChI is InChI=1S/C25H23N5/c1-2-10-27-24(8-1)25-28-11-9-23(29-25)22-15-21(16-26-17-22)20-7-5-6-19(14-20)18-30-12-3-4-13-30/h1-2,5-11,14-17H,3-4,12-13,18H2. The number of pyridine rings is 2. The number of benzene rings is 1. The van der Waals surface area contributed by atoms with E-state index in [1.54, 1.807) is 12.4 Å². The summed E-state index contributed by atoms with van der Waals surface area (Å²) in [5.41, 5.74) is 6.19. The first-order valence-corrected chi connectivity index (χ1v) is 10.4. The van der Waals surface area contributed by atoms with Gasteiger partial charge < -0.3 is 0 Å². The second-order valence-corrected chi connectivity index (χ2v) is 7.63. The fraction of sp³-hybridized carbons (Fsp3) is 0.200. The van der Waals surface area contributed by atoms with E-state index in [0.29, 0.717) is 5.82 Å². The molecule has 1 aliphatic heterocycles. The lowest BCUT2D eigenvalue weighted by molar-refractivity contribution is 0.331. The number of aromatic nitrogens is 4. The molecule has 0 saturated carbocycles. The maximum atomic E-state index is 4.71. The molecule has 0 radical (unpaired) electrons. The topological polar surface area (TPSA) is 54.8 Å². The molecule has 5 heteroatoms. The molecule has 1 aromatic carbocycles. The summed E-state index contributed by atoms with van der Waals surface area (Å²) in [6, 6.07) is 18.6. The zero-order valence-corrected chi connectivity index (χ0v) is 16.8. The van der Waals surface area contributed by atoms with Gasteiger partial charge in [0.15, 0.2) is 5.82 Å². The van der Waals surface area contributed by atoms with Crippen LogP contribution >= 0.6 is 0 Å². The smallest absolute Gasteiger partial charge is 0.178 e. The molecule has 0 atom stereocenters. The Hall–Kier alpha value is -3.44. The van der Waals surface area contributed by atoms with E-state index in [9.17, 15) is 0 Å². The highest BCUT2D eigenvalue weighted by Crippen LogP contribution is 2.26. The van der Waals surface area contributed by atoms with Crippen molar-refractivity contribution in [3.63, 3.8) is 0 Å². The van der Waals surface area contributed by atoms with Gasteiger partial charge in [-0.1, -0.05) is 24.3 Å². The minimum absolute atomic E-state index is 0.617. The molecule has 1 saturated heterocycles. The predicted octanol–water partition coefficient (Wildman–Crippen LogP) is 4.86. The molecule has 1 aliphatic rings. The van der Waals surface area contributed by atoms with Crippen molar-refractivity contribution in [1.82, 2.24) is 24.8 Å². The summed E-state index contributed by atoms with van der Waals surface area (Å²) in [5.74, 6) is 0.617. The number of likely N-dealkylation sites (tertiary alicyclic amines) is 1. The van der Waals surface area contributed by atoms with Crippen molar-refractivity contribution in [2.24, 2.45) is 0 Å². The first-order chi connectivity index (χ1) is 14.8. The van der Waals surface area contributed by atoms with Gasteiger partial charge in [-0.15, -0.1) is 0 Å². The highest BCUT2D eigenvalue weighted by Gasteiger charge is 2.12. The second-order valence-electron chi connectivity index (χ2n) is 7.63. The molecule has 4 aromatic rings. The monoisotopic (exact) mass is 393 g/mol. The van der Waals surface area contributed by atoms with Crippen molar-refractivity contribution in [3.05, 3.63) is 84.9 Å². The molecule has 0 spiro atoms. The molecule has 148 valence electrons. The molecule has 1 fully saturated rings. The molecule has 0 unspecified atom stereocenters. The Morgan fingerprint density at radius 2 is 1.63 bits per heavy atom. The molecule has 5 rings (SSSR count). The number of rotatable bonds is 5. The molecule has 4 heterocycles. The quantitative estimate of drug-likeness (QED) is 0.484. The summed E-state index contributed by atoms with van der Waals surface area (Å²) in [7, 11) is 0. The minimum Gasteiger partial charge on any atom is -0.299 e. The fourth-order valence-corrected chi connectivity index (χ4v) is 3.92.